The molecule has 1 saturated carbocycles. The van der Waals surface area contributed by atoms with Crippen LogP contribution in [0.3, 0.4) is 0 Å². The molecule has 0 spiro atoms. The van der Waals surface area contributed by atoms with Crippen molar-refractivity contribution in [3.8, 4) is 22.9 Å². The van der Waals surface area contributed by atoms with E-state index < -0.39 is 0 Å². The van der Waals surface area contributed by atoms with Gasteiger partial charge in [0, 0.05) is 37.8 Å². The number of anilines is 1. The fourth-order valence-electron chi connectivity index (χ4n) is 4.45. The third kappa shape index (κ3) is 3.92. The van der Waals surface area contributed by atoms with E-state index in [1.165, 1.54) is 0 Å². The molecule has 5 aromatic rings. The summed E-state index contributed by atoms with van der Waals surface area (Å²) >= 11 is 0. The van der Waals surface area contributed by atoms with Crippen LogP contribution in [0.1, 0.15) is 32.1 Å². The highest BCUT2D eigenvalue weighted by Gasteiger charge is 2.36. The molecule has 0 amide bonds. The summed E-state index contributed by atoms with van der Waals surface area (Å²) in [5, 5.41) is 8.22. The highest BCUT2D eigenvalue weighted by atomic mass is 16.5. The van der Waals surface area contributed by atoms with Crippen LogP contribution in [0.2, 0.25) is 0 Å². The summed E-state index contributed by atoms with van der Waals surface area (Å²) in [6.45, 7) is 0. The van der Waals surface area contributed by atoms with Gasteiger partial charge in [0.05, 0.1) is 42.5 Å². The number of aryl methyl sites for hydroxylation is 1. The van der Waals surface area contributed by atoms with Crippen molar-refractivity contribution in [3.63, 3.8) is 0 Å². The fraction of sp³-hybridized carbons (Fsp3) is 0.320. The molecular formula is C25H28N8O3. The predicted octanol–water partition coefficient (Wildman–Crippen LogP) is 3.81. The number of nitrogens with one attached hydrogen (secondary N) is 3. The van der Waals surface area contributed by atoms with E-state index in [0.717, 1.165) is 12.8 Å². The quantitative estimate of drug-likeness (QED) is 0.315. The van der Waals surface area contributed by atoms with Crippen molar-refractivity contribution in [1.82, 2.24) is 34.7 Å². The summed E-state index contributed by atoms with van der Waals surface area (Å²) in [5.41, 5.74) is 3.31. The van der Waals surface area contributed by atoms with Crippen LogP contribution in [0.5, 0.6) is 11.5 Å². The molecule has 0 aliphatic heterocycles. The summed E-state index contributed by atoms with van der Waals surface area (Å²) in [5.74, 6) is 2.59. The van der Waals surface area contributed by atoms with Crippen LogP contribution in [0, 0.1) is 5.92 Å². The maximum atomic E-state index is 13.4. The third-order valence-electron chi connectivity index (χ3n) is 6.27. The third-order valence-corrected chi connectivity index (χ3v) is 6.27. The Kier molecular flexibility index (Phi) is 5.83. The van der Waals surface area contributed by atoms with Gasteiger partial charge in [-0.2, -0.15) is 5.10 Å². The molecule has 6 rings (SSSR count). The molecule has 4 heterocycles. The first kappa shape index (κ1) is 23.3. The molecule has 1 fully saturated rings. The molecule has 0 bridgehead atoms. The van der Waals surface area contributed by atoms with Gasteiger partial charge in [-0.3, -0.25) is 9.48 Å². The molecule has 0 radical (unpaired) electrons. The number of hydrogen-bond donors (Lipinski definition) is 3. The largest absolute Gasteiger partial charge is 0.493 e. The van der Waals surface area contributed by atoms with E-state index in [2.05, 4.69) is 30.4 Å². The van der Waals surface area contributed by atoms with E-state index >= 15 is 0 Å². The summed E-state index contributed by atoms with van der Waals surface area (Å²) < 4.78 is 12.5. The number of H-pyrrole nitrogens is 2. The molecule has 3 N–H and O–H groups in total. The van der Waals surface area contributed by atoms with Gasteiger partial charge >= 0.3 is 0 Å². The fourth-order valence-corrected chi connectivity index (χ4v) is 4.45. The van der Waals surface area contributed by atoms with E-state index in [9.17, 15) is 4.79 Å². The van der Waals surface area contributed by atoms with Crippen LogP contribution in [0.25, 0.3) is 33.5 Å². The zero-order valence-corrected chi connectivity index (χ0v) is 19.5. The second kappa shape index (κ2) is 8.99. The molecule has 1 aliphatic carbocycles. The molecule has 36 heavy (non-hydrogen) atoms. The Morgan fingerprint density at radius 3 is 2.50 bits per heavy atom. The number of aromatic nitrogens is 7. The Labute approximate surface area is 206 Å². The van der Waals surface area contributed by atoms with Gasteiger partial charge in [0.2, 0.25) is 0 Å². The smallest absolute Gasteiger partial charge is 0.261 e. The molecule has 1 aromatic carbocycles. The first-order valence-electron chi connectivity index (χ1n) is 11.3. The van der Waals surface area contributed by atoms with Gasteiger partial charge in [-0.15, -0.1) is 0 Å². The van der Waals surface area contributed by atoms with E-state index in [-0.39, 0.29) is 19.0 Å². The summed E-state index contributed by atoms with van der Waals surface area (Å²) in [7, 11) is 4.97. The Hall–Kier alpha value is -4.41. The topological polar surface area (TPSA) is 136 Å². The van der Waals surface area contributed by atoms with Crippen molar-refractivity contribution in [1.29, 1.82) is 0 Å². The van der Waals surface area contributed by atoms with Crippen molar-refractivity contribution in [2.24, 2.45) is 13.0 Å². The molecule has 1 aliphatic rings. The molecule has 11 heteroatoms. The van der Waals surface area contributed by atoms with Gasteiger partial charge in [0.15, 0.2) is 17.3 Å². The first-order valence-corrected chi connectivity index (χ1v) is 11.3. The van der Waals surface area contributed by atoms with Crippen LogP contribution in [0.15, 0.2) is 41.6 Å². The lowest BCUT2D eigenvalue weighted by Gasteiger charge is -2.20. The van der Waals surface area contributed by atoms with Gasteiger partial charge in [0.1, 0.15) is 16.9 Å². The highest BCUT2D eigenvalue weighted by Crippen LogP contribution is 2.43. The lowest BCUT2D eigenvalue weighted by atomic mass is 10.1. The van der Waals surface area contributed by atoms with Crippen molar-refractivity contribution < 1.29 is 9.47 Å². The summed E-state index contributed by atoms with van der Waals surface area (Å²) in [6, 6.07) is 5.21. The van der Waals surface area contributed by atoms with Crippen molar-refractivity contribution in [2.75, 3.05) is 19.5 Å². The van der Waals surface area contributed by atoms with Crippen molar-refractivity contribution in [3.05, 3.63) is 53.0 Å². The molecule has 11 nitrogen and oxygen atoms in total. The number of fused-ring (bicyclic) bond motifs is 2. The normalized spacial score (nSPS) is 14.0. The zero-order chi connectivity index (χ0) is 24.1. The number of rotatable bonds is 7. The van der Waals surface area contributed by atoms with E-state index in [1.54, 1.807) is 55.7 Å². The van der Waals surface area contributed by atoms with E-state index in [1.807, 2.05) is 7.05 Å². The summed E-state index contributed by atoms with van der Waals surface area (Å²) in [6.07, 6.45) is 7.36. The van der Waals surface area contributed by atoms with Gasteiger partial charge in [0.25, 0.3) is 5.56 Å². The standard InChI is InChI=1S/C24H24N8O3.CH4/c1-32-11-15-20(31-32)21(30-19(12-5-6-12)23-25-7-4-8-26-23)18(24(33)29-15)22-27-13-9-16(34-2)17(35-3)10-14(13)28-22;/h4,7-12,19,30H,5-6H2,1-3H3,(H,27,28)(H,29,33);1H4/t19-;/m0./s1. The minimum atomic E-state index is -0.283. The number of benzene rings is 1. The Bertz CT molecular complexity index is 1560. The van der Waals surface area contributed by atoms with E-state index in [4.69, 9.17) is 14.5 Å². The number of aromatic amines is 2. The van der Waals surface area contributed by atoms with Gasteiger partial charge in [-0.25, -0.2) is 15.0 Å². The number of nitrogens with zero attached hydrogens (tertiary/aromatic N) is 5. The van der Waals surface area contributed by atoms with Gasteiger partial charge < -0.3 is 24.8 Å². The maximum absolute atomic E-state index is 13.4. The van der Waals surface area contributed by atoms with Crippen LogP contribution in [-0.4, -0.2) is 48.9 Å². The minimum Gasteiger partial charge on any atom is -0.493 e. The van der Waals surface area contributed by atoms with Crippen LogP contribution in [-0.2, 0) is 7.05 Å². The van der Waals surface area contributed by atoms with Crippen LogP contribution < -0.4 is 20.3 Å². The Morgan fingerprint density at radius 1 is 1.08 bits per heavy atom. The lowest BCUT2D eigenvalue weighted by Crippen LogP contribution is -2.20. The number of methoxy groups -OCH3 is 2. The molecule has 4 aromatic heterocycles. The number of imidazole rings is 1. The molecule has 0 saturated heterocycles. The maximum Gasteiger partial charge on any atom is 0.261 e. The van der Waals surface area contributed by atoms with Crippen molar-refractivity contribution >= 4 is 27.8 Å². The number of ether oxygens (including phenoxy) is 2. The molecule has 0 unspecified atom stereocenters. The Morgan fingerprint density at radius 2 is 1.81 bits per heavy atom. The SMILES string of the molecule is C.COc1cc2nc(-c3c(N[C@H](c4ncccn4)C4CC4)c4nn(C)cc4[nH]c3=O)[nH]c2cc1OC. The average molecular weight is 489 g/mol. The first-order chi connectivity index (χ1) is 17.1. The van der Waals surface area contributed by atoms with Gasteiger partial charge in [-0.1, -0.05) is 7.43 Å². The van der Waals surface area contributed by atoms with Crippen LogP contribution in [0.4, 0.5) is 5.69 Å². The monoisotopic (exact) mass is 488 g/mol. The average Bonchev–Trinajstić information content (AvgIpc) is 3.51. The molecule has 186 valence electrons. The lowest BCUT2D eigenvalue weighted by molar-refractivity contribution is 0.356. The van der Waals surface area contributed by atoms with E-state index in [0.29, 0.717) is 62.4 Å². The number of hydrogen-bond acceptors (Lipinski definition) is 8. The predicted molar refractivity (Wildman–Crippen MR) is 137 cm³/mol. The highest BCUT2D eigenvalue weighted by molar-refractivity contribution is 5.97. The molecule has 1 atom stereocenters. The Balaban J connectivity index is 0.00000267. The van der Waals surface area contributed by atoms with Gasteiger partial charge in [-0.05, 0) is 24.8 Å². The second-order valence-electron chi connectivity index (χ2n) is 8.65. The number of pyridine rings is 1. The zero-order valence-electron chi connectivity index (χ0n) is 19.5. The second-order valence-corrected chi connectivity index (χ2v) is 8.65. The summed E-state index contributed by atoms with van der Waals surface area (Å²) in [4.78, 5) is 33.3. The van der Waals surface area contributed by atoms with Crippen molar-refractivity contribution in [2.45, 2.75) is 26.3 Å². The minimum absolute atomic E-state index is 0. The molecular weight excluding hydrogens is 460 g/mol. The van der Waals surface area contributed by atoms with Crippen LogP contribution >= 0.6 is 0 Å².